The minimum Gasteiger partial charge on any atom is -0.336 e. The molecule has 1 aliphatic rings. The summed E-state index contributed by atoms with van der Waals surface area (Å²) in [7, 11) is 0. The van der Waals surface area contributed by atoms with E-state index < -0.39 is 0 Å². The summed E-state index contributed by atoms with van der Waals surface area (Å²) >= 11 is 0. The molecular formula is C14H14N4O. The third kappa shape index (κ3) is 3.09. The van der Waals surface area contributed by atoms with Crippen LogP contribution in [0, 0.1) is 22.7 Å². The minimum atomic E-state index is -0.0475. The van der Waals surface area contributed by atoms with Gasteiger partial charge in [-0.05, 0) is 18.2 Å². The van der Waals surface area contributed by atoms with Crippen LogP contribution in [-0.2, 0) is 0 Å². The minimum absolute atomic E-state index is 0.0475. The van der Waals surface area contributed by atoms with Gasteiger partial charge in [-0.1, -0.05) is 6.07 Å². The van der Waals surface area contributed by atoms with Crippen molar-refractivity contribution in [2.75, 3.05) is 32.7 Å². The second-order valence-electron chi connectivity index (χ2n) is 4.42. The molecule has 1 fully saturated rings. The zero-order valence-corrected chi connectivity index (χ0v) is 10.5. The number of hydrogen-bond donors (Lipinski definition) is 0. The van der Waals surface area contributed by atoms with Crippen LogP contribution >= 0.6 is 0 Å². The van der Waals surface area contributed by atoms with E-state index in [1.165, 1.54) is 0 Å². The summed E-state index contributed by atoms with van der Waals surface area (Å²) in [4.78, 5) is 16.1. The quantitative estimate of drug-likeness (QED) is 0.733. The van der Waals surface area contributed by atoms with E-state index in [2.05, 4.69) is 6.07 Å². The summed E-state index contributed by atoms with van der Waals surface area (Å²) < 4.78 is 0. The van der Waals surface area contributed by atoms with Crippen molar-refractivity contribution in [2.24, 2.45) is 0 Å². The number of amides is 1. The van der Waals surface area contributed by atoms with Gasteiger partial charge in [0.15, 0.2) is 0 Å². The molecule has 1 aliphatic heterocycles. The van der Waals surface area contributed by atoms with Gasteiger partial charge >= 0.3 is 0 Å². The van der Waals surface area contributed by atoms with Crippen molar-refractivity contribution in [3.8, 4) is 12.1 Å². The molecule has 1 amide bonds. The first-order chi connectivity index (χ1) is 9.24. The van der Waals surface area contributed by atoms with Crippen LogP contribution in [0.2, 0.25) is 0 Å². The number of carbonyl (C=O) groups is 1. The highest BCUT2D eigenvalue weighted by atomic mass is 16.2. The van der Waals surface area contributed by atoms with E-state index in [0.29, 0.717) is 30.8 Å². The summed E-state index contributed by atoms with van der Waals surface area (Å²) in [6.45, 7) is 3.09. The monoisotopic (exact) mass is 254 g/mol. The third-order valence-corrected chi connectivity index (χ3v) is 3.19. The summed E-state index contributed by atoms with van der Waals surface area (Å²) in [5.74, 6) is -0.0475. The second-order valence-corrected chi connectivity index (χ2v) is 4.42. The highest BCUT2D eigenvalue weighted by Crippen LogP contribution is 2.10. The predicted octanol–water partition coefficient (Wildman–Crippen LogP) is 0.840. The Labute approximate surface area is 112 Å². The normalized spacial score (nSPS) is 15.6. The Kier molecular flexibility index (Phi) is 4.12. The summed E-state index contributed by atoms with van der Waals surface area (Å²) in [6.07, 6.45) is 0. The molecule has 5 nitrogen and oxygen atoms in total. The second kappa shape index (κ2) is 5.99. The van der Waals surface area contributed by atoms with Crippen LogP contribution in [0.3, 0.4) is 0 Å². The van der Waals surface area contributed by atoms with E-state index in [1.54, 1.807) is 29.2 Å². The molecule has 1 aromatic carbocycles. The Morgan fingerprint density at radius 3 is 2.58 bits per heavy atom. The van der Waals surface area contributed by atoms with Gasteiger partial charge in [0.2, 0.25) is 0 Å². The Bertz CT molecular complexity index is 547. The largest absolute Gasteiger partial charge is 0.336 e. The molecule has 19 heavy (non-hydrogen) atoms. The summed E-state index contributed by atoms with van der Waals surface area (Å²) in [5.41, 5.74) is 1.04. The maximum atomic E-state index is 12.3. The van der Waals surface area contributed by atoms with Gasteiger partial charge in [0.1, 0.15) is 0 Å². The molecule has 0 spiro atoms. The van der Waals surface area contributed by atoms with Gasteiger partial charge in [-0.2, -0.15) is 10.5 Å². The molecular weight excluding hydrogens is 240 g/mol. The summed E-state index contributed by atoms with van der Waals surface area (Å²) in [6, 6.07) is 10.9. The lowest BCUT2D eigenvalue weighted by Gasteiger charge is -2.33. The fourth-order valence-electron chi connectivity index (χ4n) is 2.11. The van der Waals surface area contributed by atoms with Crippen molar-refractivity contribution in [1.82, 2.24) is 9.80 Å². The lowest BCUT2D eigenvalue weighted by Crippen LogP contribution is -2.48. The van der Waals surface area contributed by atoms with E-state index >= 15 is 0 Å². The molecule has 1 heterocycles. The SMILES string of the molecule is N#CCN1CCN(C(=O)c2cccc(C#N)c2)CC1. The predicted molar refractivity (Wildman–Crippen MR) is 69.1 cm³/mol. The zero-order valence-electron chi connectivity index (χ0n) is 10.5. The van der Waals surface area contributed by atoms with Crippen LogP contribution in [0.25, 0.3) is 0 Å². The van der Waals surface area contributed by atoms with Crippen molar-refractivity contribution in [3.05, 3.63) is 35.4 Å². The van der Waals surface area contributed by atoms with Gasteiger partial charge in [-0.25, -0.2) is 0 Å². The van der Waals surface area contributed by atoms with Gasteiger partial charge in [0.05, 0.1) is 24.2 Å². The molecule has 0 radical (unpaired) electrons. The molecule has 1 saturated heterocycles. The van der Waals surface area contributed by atoms with E-state index in [4.69, 9.17) is 10.5 Å². The maximum Gasteiger partial charge on any atom is 0.253 e. The molecule has 0 saturated carbocycles. The third-order valence-electron chi connectivity index (χ3n) is 3.19. The lowest BCUT2D eigenvalue weighted by atomic mass is 10.1. The molecule has 0 N–H and O–H groups in total. The lowest BCUT2D eigenvalue weighted by molar-refractivity contribution is 0.0652. The van der Waals surface area contributed by atoms with Gasteiger partial charge < -0.3 is 4.90 Å². The molecule has 96 valence electrons. The van der Waals surface area contributed by atoms with E-state index in [-0.39, 0.29) is 5.91 Å². The molecule has 0 atom stereocenters. The number of rotatable bonds is 2. The smallest absolute Gasteiger partial charge is 0.253 e. The Hall–Kier alpha value is -2.37. The average Bonchev–Trinajstić information content (AvgIpc) is 2.48. The van der Waals surface area contributed by atoms with Crippen LogP contribution in [0.4, 0.5) is 0 Å². The zero-order chi connectivity index (χ0) is 13.7. The van der Waals surface area contributed by atoms with Crippen LogP contribution in [0.1, 0.15) is 15.9 Å². The first kappa shape index (κ1) is 13.1. The highest BCUT2D eigenvalue weighted by molar-refractivity contribution is 5.94. The van der Waals surface area contributed by atoms with Crippen LogP contribution in [0.15, 0.2) is 24.3 Å². The first-order valence-corrected chi connectivity index (χ1v) is 6.13. The molecule has 0 aromatic heterocycles. The highest BCUT2D eigenvalue weighted by Gasteiger charge is 2.21. The van der Waals surface area contributed by atoms with E-state index in [0.717, 1.165) is 13.1 Å². The maximum absolute atomic E-state index is 12.3. The van der Waals surface area contributed by atoms with Gasteiger partial charge in [0.25, 0.3) is 5.91 Å². The van der Waals surface area contributed by atoms with E-state index in [9.17, 15) is 4.79 Å². The number of nitriles is 2. The molecule has 2 rings (SSSR count). The first-order valence-electron chi connectivity index (χ1n) is 6.13. The van der Waals surface area contributed by atoms with Crippen LogP contribution in [-0.4, -0.2) is 48.4 Å². The van der Waals surface area contributed by atoms with Gasteiger partial charge in [-0.15, -0.1) is 0 Å². The van der Waals surface area contributed by atoms with Crippen molar-refractivity contribution < 1.29 is 4.79 Å². The Balaban J connectivity index is 2.02. The number of piperazine rings is 1. The molecule has 0 aliphatic carbocycles. The van der Waals surface area contributed by atoms with E-state index in [1.807, 2.05) is 11.0 Å². The van der Waals surface area contributed by atoms with Gasteiger partial charge in [-0.3, -0.25) is 9.69 Å². The number of hydrogen-bond acceptors (Lipinski definition) is 4. The topological polar surface area (TPSA) is 71.1 Å². The molecule has 5 heteroatoms. The summed E-state index contributed by atoms with van der Waals surface area (Å²) in [5, 5.41) is 17.5. The Morgan fingerprint density at radius 2 is 1.95 bits per heavy atom. The van der Waals surface area contributed by atoms with Gasteiger partial charge in [0, 0.05) is 31.7 Å². The van der Waals surface area contributed by atoms with Crippen molar-refractivity contribution in [2.45, 2.75) is 0 Å². The van der Waals surface area contributed by atoms with Crippen LogP contribution in [0.5, 0.6) is 0 Å². The molecule has 0 bridgehead atoms. The van der Waals surface area contributed by atoms with Crippen LogP contribution < -0.4 is 0 Å². The average molecular weight is 254 g/mol. The number of nitrogens with zero attached hydrogens (tertiary/aromatic N) is 4. The standard InChI is InChI=1S/C14H14N4O/c15-4-5-17-6-8-18(9-7-17)14(19)13-3-1-2-12(10-13)11-16/h1-3,10H,5-9H2. The fourth-order valence-corrected chi connectivity index (χ4v) is 2.11. The van der Waals surface area contributed by atoms with Crippen molar-refractivity contribution in [3.63, 3.8) is 0 Å². The molecule has 0 unspecified atom stereocenters. The van der Waals surface area contributed by atoms with Crippen molar-refractivity contribution in [1.29, 1.82) is 10.5 Å². The number of benzene rings is 1. The van der Waals surface area contributed by atoms with Crippen molar-refractivity contribution >= 4 is 5.91 Å². The Morgan fingerprint density at radius 1 is 1.21 bits per heavy atom. The molecule has 1 aromatic rings. The fraction of sp³-hybridized carbons (Fsp3) is 0.357. The number of carbonyl (C=O) groups excluding carboxylic acids is 1.